The van der Waals surface area contributed by atoms with E-state index in [1.165, 1.54) is 46.4 Å². The highest BCUT2D eigenvalue weighted by atomic mass is 32.2. The second-order valence-corrected chi connectivity index (χ2v) is 8.44. The first-order chi connectivity index (χ1) is 12.7. The Labute approximate surface area is 159 Å². The van der Waals surface area contributed by atoms with Crippen LogP contribution in [0.3, 0.4) is 0 Å². The number of hydrogen-bond donors (Lipinski definition) is 1. The van der Waals surface area contributed by atoms with E-state index in [1.54, 1.807) is 0 Å². The molecule has 3 aliphatic rings. The van der Waals surface area contributed by atoms with Crippen molar-refractivity contribution in [2.24, 2.45) is 0 Å². The number of nitrogens with one attached hydrogen (secondary N) is 1. The fourth-order valence-corrected chi connectivity index (χ4v) is 5.09. The Kier molecular flexibility index (Phi) is 4.93. The average Bonchev–Trinajstić information content (AvgIpc) is 3.30. The maximum atomic E-state index is 9.50. The van der Waals surface area contributed by atoms with Crippen LogP contribution in [-0.4, -0.2) is 17.6 Å². The third-order valence-electron chi connectivity index (χ3n) is 5.13. The van der Waals surface area contributed by atoms with Gasteiger partial charge in [0.25, 0.3) is 0 Å². The molecule has 4 heteroatoms. The summed E-state index contributed by atoms with van der Waals surface area (Å²) in [4.78, 5) is 1.31. The molecule has 0 fully saturated rings. The van der Waals surface area contributed by atoms with Crippen molar-refractivity contribution >= 4 is 16.7 Å². The average molecular weight is 365 g/mol. The summed E-state index contributed by atoms with van der Waals surface area (Å²) in [7, 11) is 0. The van der Waals surface area contributed by atoms with Crippen molar-refractivity contribution in [2.45, 2.75) is 57.1 Å². The minimum atomic E-state index is -0.111. The van der Waals surface area contributed by atoms with E-state index in [1.807, 2.05) is 31.7 Å². The summed E-state index contributed by atoms with van der Waals surface area (Å²) in [6.45, 7) is 4.02. The molecule has 0 aromatic heterocycles. The molecule has 0 amide bonds. The Balaban J connectivity index is 1.49. The lowest BCUT2D eigenvalue weighted by molar-refractivity contribution is 0.0323. The summed E-state index contributed by atoms with van der Waals surface area (Å²) in [5.74, 6) is 0. The van der Waals surface area contributed by atoms with E-state index >= 15 is 0 Å². The summed E-state index contributed by atoms with van der Waals surface area (Å²) in [6.07, 6.45) is 10.8. The number of aryl methyl sites for hydroxylation is 1. The number of fused-ring (bicyclic) bond motifs is 1. The highest BCUT2D eigenvalue weighted by Gasteiger charge is 2.28. The molecule has 1 aromatic rings. The van der Waals surface area contributed by atoms with Crippen LogP contribution in [0.15, 0.2) is 47.7 Å². The van der Waals surface area contributed by atoms with Crippen LogP contribution in [0.1, 0.15) is 43.4 Å². The third kappa shape index (κ3) is 3.34. The molecule has 2 unspecified atom stereocenters. The van der Waals surface area contributed by atoms with E-state index in [0.29, 0.717) is 0 Å². The van der Waals surface area contributed by atoms with E-state index in [2.05, 4.69) is 41.9 Å². The van der Waals surface area contributed by atoms with Gasteiger partial charge in [0.2, 0.25) is 0 Å². The second-order valence-electron chi connectivity index (χ2n) is 7.29. The molecular formula is C22H24N2OS. The topological polar surface area (TPSA) is 45.0 Å². The summed E-state index contributed by atoms with van der Waals surface area (Å²) >= 11 is 1.85. The van der Waals surface area contributed by atoms with Crippen molar-refractivity contribution in [2.75, 3.05) is 0 Å². The SMILES string of the molecule is CC(C)OC1CC=C(C2NC=C(c3cccc4c3CCC4)S2)C=C1C#N. The van der Waals surface area contributed by atoms with E-state index < -0.39 is 0 Å². The molecule has 0 saturated carbocycles. The first-order valence-electron chi connectivity index (χ1n) is 9.37. The van der Waals surface area contributed by atoms with E-state index in [-0.39, 0.29) is 17.6 Å². The van der Waals surface area contributed by atoms with Gasteiger partial charge in [-0.1, -0.05) is 36.0 Å². The standard InChI is InChI=1S/C22H24N2OS/c1-14(2)25-20-10-9-16(11-17(20)12-23)22-24-13-21(26-22)19-8-4-6-15-5-3-7-18(15)19/h4,6,8-9,11,13-14,20,22,24H,3,5,7,10H2,1-2H3. The van der Waals surface area contributed by atoms with Gasteiger partial charge < -0.3 is 10.1 Å². The molecule has 1 aromatic carbocycles. The van der Waals surface area contributed by atoms with Crippen LogP contribution in [0.5, 0.6) is 0 Å². The lowest BCUT2D eigenvalue weighted by Crippen LogP contribution is -2.25. The molecule has 0 saturated heterocycles. The molecule has 0 bridgehead atoms. The molecule has 4 rings (SSSR count). The minimum Gasteiger partial charge on any atom is -0.374 e. The fraction of sp³-hybridized carbons (Fsp3) is 0.409. The molecule has 1 N–H and O–H groups in total. The largest absolute Gasteiger partial charge is 0.374 e. The van der Waals surface area contributed by atoms with Gasteiger partial charge in [0.1, 0.15) is 5.37 Å². The molecular weight excluding hydrogens is 340 g/mol. The van der Waals surface area contributed by atoms with Crippen molar-refractivity contribution in [1.29, 1.82) is 5.26 Å². The monoisotopic (exact) mass is 364 g/mol. The molecule has 2 atom stereocenters. The Morgan fingerprint density at radius 3 is 3.00 bits per heavy atom. The van der Waals surface area contributed by atoms with E-state index in [9.17, 15) is 5.26 Å². The Bertz CT molecular complexity index is 844. The maximum absolute atomic E-state index is 9.50. The van der Waals surface area contributed by atoms with Crippen molar-refractivity contribution in [3.05, 3.63) is 64.4 Å². The lowest BCUT2D eigenvalue weighted by Gasteiger charge is -2.24. The Morgan fingerprint density at radius 1 is 1.31 bits per heavy atom. The van der Waals surface area contributed by atoms with Crippen molar-refractivity contribution in [3.63, 3.8) is 0 Å². The van der Waals surface area contributed by atoms with Gasteiger partial charge in [-0.25, -0.2) is 0 Å². The normalized spacial score (nSPS) is 24.5. The van der Waals surface area contributed by atoms with Crippen LogP contribution in [0.4, 0.5) is 0 Å². The smallest absolute Gasteiger partial charge is 0.102 e. The van der Waals surface area contributed by atoms with Gasteiger partial charge >= 0.3 is 0 Å². The molecule has 3 nitrogen and oxygen atoms in total. The number of benzene rings is 1. The number of thioether (sulfide) groups is 1. The van der Waals surface area contributed by atoms with Gasteiger partial charge in [-0.05, 0) is 67.9 Å². The Hall–Kier alpha value is -1.96. The van der Waals surface area contributed by atoms with Crippen molar-refractivity contribution in [1.82, 2.24) is 5.32 Å². The summed E-state index contributed by atoms with van der Waals surface area (Å²) in [5, 5.41) is 13.2. The van der Waals surface area contributed by atoms with Gasteiger partial charge in [0.15, 0.2) is 0 Å². The highest BCUT2D eigenvalue weighted by molar-refractivity contribution is 8.09. The van der Waals surface area contributed by atoms with Crippen LogP contribution in [0, 0.1) is 11.3 Å². The zero-order chi connectivity index (χ0) is 18.1. The van der Waals surface area contributed by atoms with Crippen LogP contribution < -0.4 is 5.32 Å². The van der Waals surface area contributed by atoms with Crippen LogP contribution in [-0.2, 0) is 17.6 Å². The predicted molar refractivity (Wildman–Crippen MR) is 107 cm³/mol. The first-order valence-corrected chi connectivity index (χ1v) is 10.2. The zero-order valence-electron chi connectivity index (χ0n) is 15.3. The lowest BCUT2D eigenvalue weighted by atomic mass is 9.97. The molecule has 1 aliphatic heterocycles. The summed E-state index contributed by atoms with van der Waals surface area (Å²) < 4.78 is 5.87. The highest BCUT2D eigenvalue weighted by Crippen LogP contribution is 2.42. The molecule has 2 aliphatic carbocycles. The predicted octanol–water partition coefficient (Wildman–Crippen LogP) is 4.71. The van der Waals surface area contributed by atoms with Crippen LogP contribution in [0.25, 0.3) is 4.91 Å². The Morgan fingerprint density at radius 2 is 2.19 bits per heavy atom. The van der Waals surface area contributed by atoms with Gasteiger partial charge in [0, 0.05) is 11.1 Å². The summed E-state index contributed by atoms with van der Waals surface area (Å²) in [5.41, 5.74) is 6.30. The van der Waals surface area contributed by atoms with Crippen LogP contribution >= 0.6 is 11.8 Å². The third-order valence-corrected chi connectivity index (χ3v) is 6.36. The van der Waals surface area contributed by atoms with Gasteiger partial charge in [-0.3, -0.25) is 0 Å². The number of nitrogens with zero attached hydrogens (tertiary/aromatic N) is 1. The van der Waals surface area contributed by atoms with Crippen molar-refractivity contribution in [3.8, 4) is 6.07 Å². The first kappa shape index (κ1) is 17.5. The van der Waals surface area contributed by atoms with Gasteiger partial charge in [0.05, 0.1) is 23.9 Å². The second kappa shape index (κ2) is 7.34. The zero-order valence-corrected chi connectivity index (χ0v) is 16.1. The molecule has 26 heavy (non-hydrogen) atoms. The fourth-order valence-electron chi connectivity index (χ4n) is 3.95. The maximum Gasteiger partial charge on any atom is 0.102 e. The van der Waals surface area contributed by atoms with Gasteiger partial charge in [-0.15, -0.1) is 0 Å². The quantitative estimate of drug-likeness (QED) is 0.840. The minimum absolute atomic E-state index is 0.111. The molecule has 134 valence electrons. The number of nitriles is 1. The number of hydrogen-bond acceptors (Lipinski definition) is 4. The van der Waals surface area contributed by atoms with E-state index in [0.717, 1.165) is 12.0 Å². The molecule has 0 radical (unpaired) electrons. The number of ether oxygens (including phenoxy) is 1. The summed E-state index contributed by atoms with van der Waals surface area (Å²) in [6, 6.07) is 9.01. The van der Waals surface area contributed by atoms with Crippen LogP contribution in [0.2, 0.25) is 0 Å². The van der Waals surface area contributed by atoms with E-state index in [4.69, 9.17) is 4.74 Å². The van der Waals surface area contributed by atoms with Gasteiger partial charge in [-0.2, -0.15) is 5.26 Å². The molecule has 1 heterocycles. The molecule has 0 spiro atoms. The van der Waals surface area contributed by atoms with Crippen molar-refractivity contribution < 1.29 is 4.74 Å². The number of rotatable bonds is 4.